The number of anilines is 1. The molecule has 2 aromatic rings. The van der Waals surface area contributed by atoms with Gasteiger partial charge < -0.3 is 0 Å². The molecular formula is C12H11FN2O2S. The molecule has 1 aromatic carbocycles. The second kappa shape index (κ2) is 5.14. The number of benzene rings is 1. The van der Waals surface area contributed by atoms with Crippen LogP contribution >= 0.6 is 0 Å². The van der Waals surface area contributed by atoms with Gasteiger partial charge >= 0.3 is 0 Å². The number of rotatable bonds is 4. The predicted molar refractivity (Wildman–Crippen MR) is 66.9 cm³/mol. The maximum absolute atomic E-state index is 12.7. The van der Waals surface area contributed by atoms with E-state index in [9.17, 15) is 12.8 Å². The lowest BCUT2D eigenvalue weighted by Gasteiger charge is -2.06. The summed E-state index contributed by atoms with van der Waals surface area (Å²) >= 11 is 0. The first kappa shape index (κ1) is 12.5. The lowest BCUT2D eigenvalue weighted by atomic mass is 10.2. The van der Waals surface area contributed by atoms with Crippen molar-refractivity contribution >= 4 is 15.8 Å². The van der Waals surface area contributed by atoms with E-state index in [0.717, 1.165) is 0 Å². The van der Waals surface area contributed by atoms with Crippen LogP contribution in [0.1, 0.15) is 5.56 Å². The van der Waals surface area contributed by atoms with Crippen molar-refractivity contribution in [3.63, 3.8) is 0 Å². The average Bonchev–Trinajstić information content (AvgIpc) is 2.32. The Labute approximate surface area is 105 Å². The number of nitrogens with zero attached hydrogens (tertiary/aromatic N) is 1. The highest BCUT2D eigenvalue weighted by molar-refractivity contribution is 7.91. The highest BCUT2D eigenvalue weighted by Crippen LogP contribution is 2.10. The fourth-order valence-corrected chi connectivity index (χ4v) is 2.56. The molecule has 0 atom stereocenters. The number of nitrogens with one attached hydrogen (secondary N) is 1. The summed E-state index contributed by atoms with van der Waals surface area (Å²) in [6.45, 7) is 0. The fraction of sp³-hybridized carbons (Fsp3) is 0.0833. The Morgan fingerprint density at radius 1 is 1.11 bits per heavy atom. The van der Waals surface area contributed by atoms with Crippen LogP contribution in [-0.2, 0) is 15.8 Å². The summed E-state index contributed by atoms with van der Waals surface area (Å²) in [7, 11) is -3.54. The van der Waals surface area contributed by atoms with Crippen LogP contribution in [0.15, 0.2) is 48.7 Å². The van der Waals surface area contributed by atoms with Gasteiger partial charge in [0.1, 0.15) is 11.6 Å². The molecule has 6 heteroatoms. The molecule has 0 saturated heterocycles. The van der Waals surface area contributed by atoms with Crippen molar-refractivity contribution in [3.8, 4) is 0 Å². The summed E-state index contributed by atoms with van der Waals surface area (Å²) in [6, 6.07) is 10.3. The summed E-state index contributed by atoms with van der Waals surface area (Å²) in [4.78, 5) is 3.87. The van der Waals surface area contributed by atoms with Gasteiger partial charge in [0.05, 0.1) is 5.75 Å². The molecule has 0 aliphatic carbocycles. The highest BCUT2D eigenvalue weighted by Gasteiger charge is 2.12. The molecule has 0 aliphatic rings. The molecule has 94 valence electrons. The Kier molecular flexibility index (Phi) is 3.57. The first-order valence-electron chi connectivity index (χ1n) is 5.21. The first-order chi connectivity index (χ1) is 8.55. The standard InChI is InChI=1S/C12H11FN2O2S/c13-11-6-4-10(5-7-11)9-18(16,17)15-12-3-1-2-8-14-12/h1-8H,9H2,(H,14,15). The van der Waals surface area contributed by atoms with Gasteiger partial charge in [-0.1, -0.05) is 18.2 Å². The van der Waals surface area contributed by atoms with Gasteiger partial charge in [-0.3, -0.25) is 4.72 Å². The van der Waals surface area contributed by atoms with Crippen molar-refractivity contribution in [2.75, 3.05) is 4.72 Å². The third-order valence-corrected chi connectivity index (χ3v) is 3.43. The molecule has 2 rings (SSSR count). The molecule has 0 amide bonds. The van der Waals surface area contributed by atoms with E-state index in [-0.39, 0.29) is 11.6 Å². The molecule has 18 heavy (non-hydrogen) atoms. The largest absolute Gasteiger partial charge is 0.267 e. The van der Waals surface area contributed by atoms with Gasteiger partial charge in [0.25, 0.3) is 0 Å². The topological polar surface area (TPSA) is 59.1 Å². The van der Waals surface area contributed by atoms with Gasteiger partial charge in [-0.2, -0.15) is 0 Å². The Balaban J connectivity index is 2.10. The Hall–Kier alpha value is -1.95. The monoisotopic (exact) mass is 266 g/mol. The van der Waals surface area contributed by atoms with E-state index in [2.05, 4.69) is 9.71 Å². The first-order valence-corrected chi connectivity index (χ1v) is 6.86. The lowest BCUT2D eigenvalue weighted by Crippen LogP contribution is -2.15. The van der Waals surface area contributed by atoms with Crippen molar-refractivity contribution in [2.45, 2.75) is 5.75 Å². The molecular weight excluding hydrogens is 255 g/mol. The normalized spacial score (nSPS) is 11.2. The maximum atomic E-state index is 12.7. The van der Waals surface area contributed by atoms with E-state index < -0.39 is 15.8 Å². The second-order valence-electron chi connectivity index (χ2n) is 3.70. The molecule has 0 bridgehead atoms. The van der Waals surface area contributed by atoms with Crippen molar-refractivity contribution in [2.24, 2.45) is 0 Å². The van der Waals surface area contributed by atoms with Crippen LogP contribution in [0.2, 0.25) is 0 Å². The molecule has 1 heterocycles. The minimum Gasteiger partial charge on any atom is -0.267 e. The minimum absolute atomic E-state index is 0.218. The Morgan fingerprint density at radius 3 is 2.44 bits per heavy atom. The number of aromatic nitrogens is 1. The summed E-state index contributed by atoms with van der Waals surface area (Å²) in [5.74, 6) is -0.349. The third-order valence-electron chi connectivity index (χ3n) is 2.19. The van der Waals surface area contributed by atoms with Gasteiger partial charge in [-0.25, -0.2) is 17.8 Å². The number of hydrogen-bond donors (Lipinski definition) is 1. The van der Waals surface area contributed by atoms with E-state index in [4.69, 9.17) is 0 Å². The van der Waals surface area contributed by atoms with Crippen LogP contribution < -0.4 is 4.72 Å². The maximum Gasteiger partial charge on any atom is 0.238 e. The summed E-state index contributed by atoms with van der Waals surface area (Å²) < 4.78 is 38.7. The van der Waals surface area contributed by atoms with Crippen LogP contribution in [0.3, 0.4) is 0 Å². The van der Waals surface area contributed by atoms with Crippen LogP contribution in [0.5, 0.6) is 0 Å². The minimum atomic E-state index is -3.54. The summed E-state index contributed by atoms with van der Waals surface area (Å²) in [6.07, 6.45) is 1.50. The number of pyridine rings is 1. The number of sulfonamides is 1. The van der Waals surface area contributed by atoms with E-state index in [1.807, 2.05) is 0 Å². The molecule has 1 aromatic heterocycles. The van der Waals surface area contributed by atoms with Gasteiger partial charge in [0.2, 0.25) is 10.0 Å². The molecule has 4 nitrogen and oxygen atoms in total. The van der Waals surface area contributed by atoms with Gasteiger partial charge in [0.15, 0.2) is 0 Å². The predicted octanol–water partition coefficient (Wildman–Crippen LogP) is 2.16. The quantitative estimate of drug-likeness (QED) is 0.922. The molecule has 0 radical (unpaired) electrons. The third kappa shape index (κ3) is 3.53. The summed E-state index contributed by atoms with van der Waals surface area (Å²) in [5.41, 5.74) is 0.514. The molecule has 0 spiro atoms. The van der Waals surface area contributed by atoms with E-state index in [1.165, 1.54) is 30.5 Å². The number of hydrogen-bond acceptors (Lipinski definition) is 3. The SMILES string of the molecule is O=S(=O)(Cc1ccc(F)cc1)Nc1ccccn1. The number of halogens is 1. The van der Waals surface area contributed by atoms with Gasteiger partial charge in [0, 0.05) is 6.20 Å². The van der Waals surface area contributed by atoms with Gasteiger partial charge in [-0.15, -0.1) is 0 Å². The zero-order valence-electron chi connectivity index (χ0n) is 9.38. The van der Waals surface area contributed by atoms with Crippen LogP contribution in [0.25, 0.3) is 0 Å². The fourth-order valence-electron chi connectivity index (χ4n) is 1.42. The van der Waals surface area contributed by atoms with Crippen molar-refractivity contribution in [1.82, 2.24) is 4.98 Å². The zero-order chi connectivity index (χ0) is 13.0. The van der Waals surface area contributed by atoms with Crippen molar-refractivity contribution in [3.05, 3.63) is 60.0 Å². The smallest absolute Gasteiger partial charge is 0.238 e. The van der Waals surface area contributed by atoms with E-state index in [0.29, 0.717) is 5.56 Å². The van der Waals surface area contributed by atoms with E-state index in [1.54, 1.807) is 18.2 Å². The highest BCUT2D eigenvalue weighted by atomic mass is 32.2. The molecule has 0 saturated carbocycles. The second-order valence-corrected chi connectivity index (χ2v) is 5.42. The lowest BCUT2D eigenvalue weighted by molar-refractivity contribution is 0.599. The molecule has 0 aliphatic heterocycles. The van der Waals surface area contributed by atoms with Crippen LogP contribution in [0, 0.1) is 5.82 Å². The molecule has 1 N–H and O–H groups in total. The average molecular weight is 266 g/mol. The van der Waals surface area contributed by atoms with Crippen molar-refractivity contribution < 1.29 is 12.8 Å². The van der Waals surface area contributed by atoms with Crippen molar-refractivity contribution in [1.29, 1.82) is 0 Å². The van der Waals surface area contributed by atoms with Crippen LogP contribution in [-0.4, -0.2) is 13.4 Å². The Bertz CT molecular complexity index is 612. The van der Waals surface area contributed by atoms with Crippen LogP contribution in [0.4, 0.5) is 10.2 Å². The summed E-state index contributed by atoms with van der Waals surface area (Å²) in [5, 5.41) is 0. The Morgan fingerprint density at radius 2 is 1.83 bits per heavy atom. The van der Waals surface area contributed by atoms with E-state index >= 15 is 0 Å². The molecule has 0 fully saturated rings. The molecule has 0 unspecified atom stereocenters. The zero-order valence-corrected chi connectivity index (χ0v) is 10.2. The van der Waals surface area contributed by atoms with Gasteiger partial charge in [-0.05, 0) is 29.8 Å².